The molecule has 0 spiro atoms. The van der Waals surface area contributed by atoms with Gasteiger partial charge < -0.3 is 15.0 Å². The van der Waals surface area contributed by atoms with Crippen LogP contribution in [0.4, 0.5) is 5.69 Å². The van der Waals surface area contributed by atoms with Crippen LogP contribution in [-0.2, 0) is 26.2 Å². The Morgan fingerprint density at radius 3 is 2.24 bits per heavy atom. The third-order valence-corrected chi connectivity index (χ3v) is 7.18. The molecule has 0 bridgehead atoms. The summed E-state index contributed by atoms with van der Waals surface area (Å²) in [4.78, 5) is 27.5. The van der Waals surface area contributed by atoms with E-state index < -0.39 is 34.4 Å². The van der Waals surface area contributed by atoms with Crippen molar-refractivity contribution in [1.29, 1.82) is 0 Å². The highest BCUT2D eigenvalue weighted by atomic mass is 35.5. The Morgan fingerprint density at radius 1 is 1.12 bits per heavy atom. The number of rotatable bonds is 10. The molecular weight excluding hydrogens is 525 g/mol. The molecule has 0 aliphatic rings. The molecule has 8 nitrogen and oxygen atoms in total. The molecule has 0 heterocycles. The zero-order valence-electron chi connectivity index (χ0n) is 19.1. The predicted molar refractivity (Wildman–Crippen MR) is 135 cm³/mol. The summed E-state index contributed by atoms with van der Waals surface area (Å²) in [6.45, 7) is 1.03. The number of likely N-dealkylation sites (N-methyl/N-ethyl adjacent to an activating group) is 1. The van der Waals surface area contributed by atoms with Gasteiger partial charge in [0.15, 0.2) is 0 Å². The van der Waals surface area contributed by atoms with Gasteiger partial charge in [0.2, 0.25) is 21.8 Å². The van der Waals surface area contributed by atoms with E-state index >= 15 is 0 Å². The maximum Gasteiger partial charge on any atom is 0.244 e. The predicted octanol–water partition coefficient (Wildman–Crippen LogP) is 3.97. The van der Waals surface area contributed by atoms with Gasteiger partial charge in [0.1, 0.15) is 18.3 Å². The summed E-state index contributed by atoms with van der Waals surface area (Å²) in [5, 5.41) is 3.42. The van der Waals surface area contributed by atoms with Gasteiger partial charge >= 0.3 is 0 Å². The van der Waals surface area contributed by atoms with Crippen LogP contribution in [0.25, 0.3) is 0 Å². The normalized spacial score (nSPS) is 12.1. The summed E-state index contributed by atoms with van der Waals surface area (Å²) in [7, 11) is -1.12. The van der Waals surface area contributed by atoms with Crippen molar-refractivity contribution in [3.63, 3.8) is 0 Å². The fourth-order valence-corrected chi connectivity index (χ4v) is 4.92. The Hall–Kier alpha value is -2.20. The second kappa shape index (κ2) is 12.0. The average molecular weight is 551 g/mol. The Bertz CT molecular complexity index is 1140. The SMILES string of the molecule is CC[C@H](C(=O)NC)N(Cc1c(Cl)cccc1Cl)C(=O)CN(c1cc(Cl)ccc1OC)S(C)(=O)=O. The zero-order chi connectivity index (χ0) is 25.6. The first-order valence-corrected chi connectivity index (χ1v) is 13.2. The molecule has 1 atom stereocenters. The summed E-state index contributed by atoms with van der Waals surface area (Å²) >= 11 is 18.7. The van der Waals surface area contributed by atoms with Crippen LogP contribution in [0.2, 0.25) is 15.1 Å². The van der Waals surface area contributed by atoms with E-state index in [1.165, 1.54) is 37.3 Å². The molecule has 0 saturated carbocycles. The van der Waals surface area contributed by atoms with E-state index in [0.717, 1.165) is 10.6 Å². The number of nitrogens with zero attached hydrogens (tertiary/aromatic N) is 2. The summed E-state index contributed by atoms with van der Waals surface area (Å²) < 4.78 is 31.6. The average Bonchev–Trinajstić information content (AvgIpc) is 2.77. The summed E-state index contributed by atoms with van der Waals surface area (Å²) in [5.41, 5.74) is 0.530. The van der Waals surface area contributed by atoms with E-state index in [2.05, 4.69) is 5.32 Å². The topological polar surface area (TPSA) is 96.0 Å². The number of methoxy groups -OCH3 is 1. The third kappa shape index (κ3) is 6.69. The van der Waals surface area contributed by atoms with Crippen molar-refractivity contribution in [3.05, 3.63) is 57.0 Å². The maximum atomic E-state index is 13.6. The molecule has 186 valence electrons. The number of anilines is 1. The van der Waals surface area contributed by atoms with Gasteiger partial charge in [0.05, 0.1) is 19.1 Å². The van der Waals surface area contributed by atoms with Gasteiger partial charge in [0, 0.05) is 34.2 Å². The minimum Gasteiger partial charge on any atom is -0.495 e. The molecule has 0 fully saturated rings. The van der Waals surface area contributed by atoms with Crippen molar-refractivity contribution in [2.24, 2.45) is 0 Å². The monoisotopic (exact) mass is 549 g/mol. The lowest BCUT2D eigenvalue weighted by atomic mass is 10.1. The number of hydrogen-bond acceptors (Lipinski definition) is 5. The quantitative estimate of drug-likeness (QED) is 0.483. The summed E-state index contributed by atoms with van der Waals surface area (Å²) in [6.07, 6.45) is 1.23. The van der Waals surface area contributed by atoms with Gasteiger partial charge in [-0.3, -0.25) is 13.9 Å². The first-order chi connectivity index (χ1) is 15.9. The Balaban J connectivity index is 2.56. The molecule has 1 N–H and O–H groups in total. The molecular formula is C22H26Cl3N3O5S. The number of amides is 2. The van der Waals surface area contributed by atoms with E-state index in [1.54, 1.807) is 25.1 Å². The number of nitrogens with one attached hydrogen (secondary N) is 1. The van der Waals surface area contributed by atoms with Crippen LogP contribution in [0.5, 0.6) is 5.75 Å². The molecule has 0 aliphatic heterocycles. The minimum absolute atomic E-state index is 0.0922. The molecule has 34 heavy (non-hydrogen) atoms. The Morgan fingerprint density at radius 2 is 1.74 bits per heavy atom. The van der Waals surface area contributed by atoms with E-state index in [0.29, 0.717) is 15.6 Å². The van der Waals surface area contributed by atoms with Crippen molar-refractivity contribution < 1.29 is 22.7 Å². The molecule has 0 aliphatic carbocycles. The number of ether oxygens (including phenoxy) is 1. The van der Waals surface area contributed by atoms with Crippen molar-refractivity contribution >= 4 is 62.3 Å². The van der Waals surface area contributed by atoms with Crippen LogP contribution in [0.3, 0.4) is 0 Å². The molecule has 0 saturated heterocycles. The molecule has 2 aromatic carbocycles. The van der Waals surface area contributed by atoms with Crippen LogP contribution in [-0.4, -0.2) is 58.1 Å². The second-order valence-corrected chi connectivity index (χ2v) is 10.5. The molecule has 0 aromatic heterocycles. The van der Waals surface area contributed by atoms with E-state index in [1.807, 2.05) is 0 Å². The van der Waals surface area contributed by atoms with Crippen LogP contribution >= 0.6 is 34.8 Å². The number of hydrogen-bond donors (Lipinski definition) is 1. The van der Waals surface area contributed by atoms with Gasteiger partial charge in [-0.2, -0.15) is 0 Å². The van der Waals surface area contributed by atoms with Crippen molar-refractivity contribution in [2.75, 3.05) is 31.3 Å². The summed E-state index contributed by atoms with van der Waals surface area (Å²) in [6, 6.07) is 8.43. The summed E-state index contributed by atoms with van der Waals surface area (Å²) in [5.74, 6) is -0.842. The van der Waals surface area contributed by atoms with Crippen molar-refractivity contribution in [2.45, 2.75) is 25.9 Å². The van der Waals surface area contributed by atoms with Crippen LogP contribution in [0, 0.1) is 0 Å². The van der Waals surface area contributed by atoms with Crippen molar-refractivity contribution in [3.8, 4) is 5.75 Å². The second-order valence-electron chi connectivity index (χ2n) is 7.35. The number of carbonyl (C=O) groups excluding carboxylic acids is 2. The first-order valence-electron chi connectivity index (χ1n) is 10.2. The number of sulfonamides is 1. The van der Waals surface area contributed by atoms with E-state index in [4.69, 9.17) is 39.5 Å². The van der Waals surface area contributed by atoms with Crippen LogP contribution < -0.4 is 14.4 Å². The van der Waals surface area contributed by atoms with Crippen molar-refractivity contribution in [1.82, 2.24) is 10.2 Å². The Kier molecular flexibility index (Phi) is 9.87. The fourth-order valence-electron chi connectivity index (χ4n) is 3.39. The molecule has 0 unspecified atom stereocenters. The molecule has 2 amide bonds. The standard InChI is InChI=1S/C22H26Cl3N3O5S/c1-5-18(22(30)26-2)27(12-15-16(24)7-6-8-17(15)25)21(29)13-28(34(4,31)32)19-11-14(23)9-10-20(19)33-3/h6-11,18H,5,12-13H2,1-4H3,(H,26,30)/t18-/m1/s1. The third-order valence-electron chi connectivity index (χ3n) is 5.11. The lowest BCUT2D eigenvalue weighted by Gasteiger charge is -2.33. The number of benzene rings is 2. The highest BCUT2D eigenvalue weighted by molar-refractivity contribution is 7.92. The van der Waals surface area contributed by atoms with Gasteiger partial charge in [-0.1, -0.05) is 47.8 Å². The largest absolute Gasteiger partial charge is 0.495 e. The molecule has 12 heteroatoms. The number of halogens is 3. The lowest BCUT2D eigenvalue weighted by molar-refractivity contribution is -0.140. The Labute approximate surface area is 214 Å². The smallest absolute Gasteiger partial charge is 0.244 e. The molecule has 0 radical (unpaired) electrons. The molecule has 2 aromatic rings. The van der Waals surface area contributed by atoms with Crippen LogP contribution in [0.15, 0.2) is 36.4 Å². The number of carbonyl (C=O) groups is 2. The van der Waals surface area contributed by atoms with E-state index in [9.17, 15) is 18.0 Å². The highest BCUT2D eigenvalue weighted by Crippen LogP contribution is 2.33. The lowest BCUT2D eigenvalue weighted by Crippen LogP contribution is -2.51. The first kappa shape index (κ1) is 28.0. The van der Waals surface area contributed by atoms with Crippen LogP contribution in [0.1, 0.15) is 18.9 Å². The van der Waals surface area contributed by atoms with Gasteiger partial charge in [-0.05, 0) is 36.8 Å². The van der Waals surface area contributed by atoms with Gasteiger partial charge in [-0.25, -0.2) is 8.42 Å². The van der Waals surface area contributed by atoms with Gasteiger partial charge in [-0.15, -0.1) is 0 Å². The fraction of sp³-hybridized carbons (Fsp3) is 0.364. The van der Waals surface area contributed by atoms with Gasteiger partial charge in [0.25, 0.3) is 0 Å². The maximum absolute atomic E-state index is 13.6. The minimum atomic E-state index is -3.95. The highest BCUT2D eigenvalue weighted by Gasteiger charge is 2.33. The molecule has 2 rings (SSSR count). The van der Waals surface area contributed by atoms with E-state index in [-0.39, 0.29) is 29.4 Å². The zero-order valence-corrected chi connectivity index (χ0v) is 22.2.